The number of nitrogens with one attached hydrogen (secondary N) is 2. The van der Waals surface area contributed by atoms with E-state index in [1.54, 1.807) is 18.2 Å². The lowest BCUT2D eigenvalue weighted by Crippen LogP contribution is -2.24. The predicted molar refractivity (Wildman–Crippen MR) is 111 cm³/mol. The summed E-state index contributed by atoms with van der Waals surface area (Å²) < 4.78 is 0. The standard InChI is InChI=1S/C21H26ClN3O2/c1-13(2)16-9-8-14(3)19(12-16)24-25-21(27)11-10-20(26)23-18-7-5-6-17(22)15(18)4/h5-8,16H,1,9-12H2,2-4H3,(H,23,26)(H,25,27)/b24-19+. The van der Waals surface area contributed by atoms with E-state index in [0.717, 1.165) is 35.3 Å². The van der Waals surface area contributed by atoms with Gasteiger partial charge in [0, 0.05) is 23.6 Å². The summed E-state index contributed by atoms with van der Waals surface area (Å²) in [6, 6.07) is 5.31. The van der Waals surface area contributed by atoms with Crippen LogP contribution in [0.3, 0.4) is 0 Å². The molecule has 1 atom stereocenters. The summed E-state index contributed by atoms with van der Waals surface area (Å²) in [6.45, 7) is 9.83. The Morgan fingerprint density at radius 2 is 1.96 bits per heavy atom. The number of hydrogen-bond donors (Lipinski definition) is 2. The maximum atomic E-state index is 12.1. The van der Waals surface area contributed by atoms with E-state index in [2.05, 4.69) is 28.5 Å². The molecule has 144 valence electrons. The predicted octanol–water partition coefficient (Wildman–Crippen LogP) is 4.77. The molecule has 2 rings (SSSR count). The normalized spacial score (nSPS) is 18.0. The Bertz CT molecular complexity index is 812. The molecule has 0 bridgehead atoms. The van der Waals surface area contributed by atoms with Crippen LogP contribution in [0.2, 0.25) is 5.02 Å². The lowest BCUT2D eigenvalue weighted by atomic mass is 9.85. The first kappa shape index (κ1) is 20.9. The molecule has 0 heterocycles. The molecular weight excluding hydrogens is 362 g/mol. The highest BCUT2D eigenvalue weighted by Crippen LogP contribution is 2.26. The maximum absolute atomic E-state index is 12.1. The molecule has 5 nitrogen and oxygen atoms in total. The molecule has 0 aliphatic heterocycles. The number of allylic oxidation sites excluding steroid dienone is 3. The molecule has 0 saturated carbocycles. The van der Waals surface area contributed by atoms with Crippen molar-refractivity contribution in [2.75, 3.05) is 5.32 Å². The van der Waals surface area contributed by atoms with Gasteiger partial charge in [0.2, 0.25) is 11.8 Å². The number of amides is 2. The van der Waals surface area contributed by atoms with Gasteiger partial charge >= 0.3 is 0 Å². The molecule has 0 spiro atoms. The third-order valence-electron chi connectivity index (χ3n) is 4.74. The van der Waals surface area contributed by atoms with Gasteiger partial charge in [0.05, 0.1) is 5.71 Å². The lowest BCUT2D eigenvalue weighted by molar-refractivity contribution is -0.124. The number of carbonyl (C=O) groups is 2. The molecule has 0 radical (unpaired) electrons. The van der Waals surface area contributed by atoms with Gasteiger partial charge in [0.15, 0.2) is 0 Å². The topological polar surface area (TPSA) is 70.6 Å². The van der Waals surface area contributed by atoms with Crippen molar-refractivity contribution in [2.24, 2.45) is 11.0 Å². The minimum absolute atomic E-state index is 0.0644. The number of halogens is 1. The highest BCUT2D eigenvalue weighted by atomic mass is 35.5. The van der Waals surface area contributed by atoms with Crippen LogP contribution in [0, 0.1) is 12.8 Å². The van der Waals surface area contributed by atoms with Crippen molar-refractivity contribution in [3.05, 3.63) is 52.6 Å². The van der Waals surface area contributed by atoms with Gasteiger partial charge in [-0.2, -0.15) is 5.10 Å². The summed E-state index contributed by atoms with van der Waals surface area (Å²) in [4.78, 5) is 24.1. The first-order valence-corrected chi connectivity index (χ1v) is 9.38. The van der Waals surface area contributed by atoms with E-state index in [1.807, 2.05) is 20.8 Å². The first-order chi connectivity index (χ1) is 12.8. The molecule has 1 aliphatic rings. The van der Waals surface area contributed by atoms with Crippen LogP contribution in [0.25, 0.3) is 0 Å². The average molecular weight is 388 g/mol. The van der Waals surface area contributed by atoms with Crippen molar-refractivity contribution in [2.45, 2.75) is 46.5 Å². The van der Waals surface area contributed by atoms with Gasteiger partial charge in [0.25, 0.3) is 0 Å². The number of carbonyl (C=O) groups excluding carboxylic acids is 2. The molecular formula is C21H26ClN3O2. The van der Waals surface area contributed by atoms with Crippen LogP contribution in [0.15, 0.2) is 47.1 Å². The Morgan fingerprint density at radius 3 is 2.67 bits per heavy atom. The number of anilines is 1. The fourth-order valence-electron chi connectivity index (χ4n) is 2.79. The van der Waals surface area contributed by atoms with Crippen LogP contribution in [0.4, 0.5) is 5.69 Å². The second kappa shape index (κ2) is 9.51. The van der Waals surface area contributed by atoms with Gasteiger partial charge in [-0.15, -0.1) is 0 Å². The molecule has 0 aromatic heterocycles. The smallest absolute Gasteiger partial charge is 0.240 e. The van der Waals surface area contributed by atoms with E-state index >= 15 is 0 Å². The zero-order valence-electron chi connectivity index (χ0n) is 16.1. The summed E-state index contributed by atoms with van der Waals surface area (Å²) in [6.07, 6.45) is 3.99. The van der Waals surface area contributed by atoms with Crippen LogP contribution in [-0.4, -0.2) is 17.5 Å². The van der Waals surface area contributed by atoms with E-state index in [9.17, 15) is 9.59 Å². The van der Waals surface area contributed by atoms with E-state index < -0.39 is 0 Å². The van der Waals surface area contributed by atoms with E-state index in [1.165, 1.54) is 0 Å². The Hall–Kier alpha value is -2.40. The molecule has 2 amide bonds. The zero-order chi connectivity index (χ0) is 20.0. The summed E-state index contributed by atoms with van der Waals surface area (Å²) in [5.41, 5.74) is 7.07. The summed E-state index contributed by atoms with van der Waals surface area (Å²) >= 11 is 6.04. The van der Waals surface area contributed by atoms with Gasteiger partial charge in [0.1, 0.15) is 0 Å². The quantitative estimate of drug-likeness (QED) is 0.545. The third-order valence-corrected chi connectivity index (χ3v) is 5.15. The number of rotatable bonds is 6. The first-order valence-electron chi connectivity index (χ1n) is 9.00. The van der Waals surface area contributed by atoms with Crippen molar-refractivity contribution in [3.8, 4) is 0 Å². The number of hydrazone groups is 1. The SMILES string of the molecule is C=C(C)C1CC=C(C)/C(=N/NC(=O)CCC(=O)Nc2cccc(Cl)c2C)C1. The van der Waals surface area contributed by atoms with Crippen LogP contribution in [0.1, 0.15) is 45.1 Å². The fraction of sp³-hybridized carbons (Fsp3) is 0.381. The molecule has 1 aliphatic carbocycles. The fourth-order valence-corrected chi connectivity index (χ4v) is 2.97. The van der Waals surface area contributed by atoms with Crippen molar-refractivity contribution in [1.29, 1.82) is 0 Å². The summed E-state index contributed by atoms with van der Waals surface area (Å²) in [5, 5.41) is 7.61. The monoisotopic (exact) mass is 387 g/mol. The summed E-state index contributed by atoms with van der Waals surface area (Å²) in [7, 11) is 0. The Kier molecular flexibility index (Phi) is 7.36. The van der Waals surface area contributed by atoms with E-state index in [4.69, 9.17) is 11.6 Å². The van der Waals surface area contributed by atoms with Crippen LogP contribution >= 0.6 is 11.6 Å². The zero-order valence-corrected chi connectivity index (χ0v) is 16.8. The average Bonchev–Trinajstić information content (AvgIpc) is 2.63. The van der Waals surface area contributed by atoms with Gasteiger partial charge in [-0.3, -0.25) is 9.59 Å². The molecule has 0 fully saturated rings. The number of hydrogen-bond acceptors (Lipinski definition) is 3. The van der Waals surface area contributed by atoms with Gasteiger partial charge < -0.3 is 5.32 Å². The minimum atomic E-state index is -0.286. The van der Waals surface area contributed by atoms with Crippen molar-refractivity contribution in [1.82, 2.24) is 5.43 Å². The Balaban J connectivity index is 1.84. The molecule has 0 saturated heterocycles. The second-order valence-corrected chi connectivity index (χ2v) is 7.33. The Labute approximate surface area is 165 Å². The summed E-state index contributed by atoms with van der Waals surface area (Å²) in [5.74, 6) is -0.166. The van der Waals surface area contributed by atoms with Crippen LogP contribution in [-0.2, 0) is 9.59 Å². The van der Waals surface area contributed by atoms with Crippen molar-refractivity contribution in [3.63, 3.8) is 0 Å². The minimum Gasteiger partial charge on any atom is -0.326 e. The van der Waals surface area contributed by atoms with Gasteiger partial charge in [-0.25, -0.2) is 5.43 Å². The van der Waals surface area contributed by atoms with Crippen molar-refractivity contribution >= 4 is 34.8 Å². The lowest BCUT2D eigenvalue weighted by Gasteiger charge is -2.22. The maximum Gasteiger partial charge on any atom is 0.240 e. The van der Waals surface area contributed by atoms with Crippen LogP contribution < -0.4 is 10.7 Å². The third kappa shape index (κ3) is 6.07. The molecule has 1 aromatic carbocycles. The molecule has 2 N–H and O–H groups in total. The molecule has 27 heavy (non-hydrogen) atoms. The highest BCUT2D eigenvalue weighted by Gasteiger charge is 2.19. The van der Waals surface area contributed by atoms with Gasteiger partial charge in [-0.05, 0) is 62.8 Å². The van der Waals surface area contributed by atoms with E-state index in [-0.39, 0.29) is 24.7 Å². The molecule has 6 heteroatoms. The number of nitrogens with zero attached hydrogens (tertiary/aromatic N) is 1. The number of benzene rings is 1. The largest absolute Gasteiger partial charge is 0.326 e. The van der Waals surface area contributed by atoms with Crippen LogP contribution in [0.5, 0.6) is 0 Å². The highest BCUT2D eigenvalue weighted by molar-refractivity contribution is 6.31. The Morgan fingerprint density at radius 1 is 1.26 bits per heavy atom. The second-order valence-electron chi connectivity index (χ2n) is 6.92. The van der Waals surface area contributed by atoms with Crippen molar-refractivity contribution < 1.29 is 9.59 Å². The molecule has 1 aromatic rings. The molecule has 1 unspecified atom stereocenters. The van der Waals surface area contributed by atoms with E-state index in [0.29, 0.717) is 16.6 Å². The van der Waals surface area contributed by atoms with Gasteiger partial charge in [-0.1, -0.05) is 35.9 Å².